The maximum Gasteiger partial charge on any atom is 0.269 e. The van der Waals surface area contributed by atoms with Gasteiger partial charge in [0.1, 0.15) is 6.61 Å². The Bertz CT molecular complexity index is 977. The van der Waals surface area contributed by atoms with Crippen molar-refractivity contribution in [2.24, 2.45) is 5.10 Å². The average molecular weight is 463 g/mol. The number of morpholine rings is 1. The minimum atomic E-state index is -0.462. The summed E-state index contributed by atoms with van der Waals surface area (Å²) >= 11 is 6.35. The molecular formula is C21H23ClN4O6. The van der Waals surface area contributed by atoms with Crippen molar-refractivity contribution in [1.82, 2.24) is 10.3 Å². The van der Waals surface area contributed by atoms with Crippen LogP contribution in [0.3, 0.4) is 0 Å². The van der Waals surface area contributed by atoms with E-state index in [1.165, 1.54) is 25.5 Å². The second-order valence-corrected chi connectivity index (χ2v) is 7.34. The van der Waals surface area contributed by atoms with E-state index in [0.29, 0.717) is 48.4 Å². The predicted molar refractivity (Wildman–Crippen MR) is 118 cm³/mol. The number of ether oxygens (including phenoxy) is 3. The Morgan fingerprint density at radius 3 is 2.69 bits per heavy atom. The van der Waals surface area contributed by atoms with Crippen LogP contribution in [0.15, 0.2) is 41.5 Å². The molecule has 1 fully saturated rings. The van der Waals surface area contributed by atoms with Gasteiger partial charge in [-0.15, -0.1) is 0 Å². The summed E-state index contributed by atoms with van der Waals surface area (Å²) in [5, 5.41) is 15.0. The van der Waals surface area contributed by atoms with Crippen molar-refractivity contribution in [2.45, 2.75) is 6.61 Å². The number of nitro groups is 1. The van der Waals surface area contributed by atoms with Gasteiger partial charge in [-0.2, -0.15) is 5.10 Å². The molecule has 11 heteroatoms. The first kappa shape index (κ1) is 23.5. The van der Waals surface area contributed by atoms with E-state index < -0.39 is 4.92 Å². The molecule has 10 nitrogen and oxygen atoms in total. The molecule has 0 bridgehead atoms. The summed E-state index contributed by atoms with van der Waals surface area (Å²) in [6.07, 6.45) is 1.46. The van der Waals surface area contributed by atoms with E-state index in [0.717, 1.165) is 5.56 Å². The molecule has 1 saturated heterocycles. The van der Waals surface area contributed by atoms with Crippen LogP contribution in [0.4, 0.5) is 5.69 Å². The van der Waals surface area contributed by atoms with Crippen LogP contribution in [-0.4, -0.2) is 61.9 Å². The molecule has 2 aromatic rings. The Hall–Kier alpha value is -3.21. The summed E-state index contributed by atoms with van der Waals surface area (Å²) in [6, 6.07) is 9.34. The molecule has 170 valence electrons. The summed E-state index contributed by atoms with van der Waals surface area (Å²) in [5.41, 5.74) is 3.85. The van der Waals surface area contributed by atoms with Gasteiger partial charge in [-0.25, -0.2) is 5.43 Å². The summed E-state index contributed by atoms with van der Waals surface area (Å²) in [7, 11) is 1.48. The highest BCUT2D eigenvalue weighted by Crippen LogP contribution is 2.36. The van der Waals surface area contributed by atoms with E-state index in [9.17, 15) is 14.9 Å². The van der Waals surface area contributed by atoms with Crippen molar-refractivity contribution in [3.63, 3.8) is 0 Å². The molecule has 1 N–H and O–H groups in total. The van der Waals surface area contributed by atoms with E-state index in [1.807, 2.05) is 4.90 Å². The van der Waals surface area contributed by atoms with Gasteiger partial charge in [-0.3, -0.25) is 19.8 Å². The second-order valence-electron chi connectivity index (χ2n) is 6.93. The molecule has 0 unspecified atom stereocenters. The van der Waals surface area contributed by atoms with Gasteiger partial charge in [-0.05, 0) is 35.4 Å². The molecule has 0 atom stereocenters. The number of rotatable bonds is 9. The maximum absolute atomic E-state index is 12.0. The zero-order chi connectivity index (χ0) is 22.9. The fraction of sp³-hybridized carbons (Fsp3) is 0.333. The van der Waals surface area contributed by atoms with Gasteiger partial charge in [0.2, 0.25) is 0 Å². The molecule has 32 heavy (non-hydrogen) atoms. The second kappa shape index (κ2) is 11.4. The third kappa shape index (κ3) is 6.64. The Balaban J connectivity index is 1.59. The summed E-state index contributed by atoms with van der Waals surface area (Å²) in [6.45, 7) is 3.07. The molecule has 0 aromatic heterocycles. The number of amides is 1. The minimum Gasteiger partial charge on any atom is -0.493 e. The summed E-state index contributed by atoms with van der Waals surface area (Å²) in [5.74, 6) is 0.505. The molecule has 1 amide bonds. The molecule has 1 heterocycles. The molecule has 2 aromatic carbocycles. The quantitative estimate of drug-likeness (QED) is 0.346. The fourth-order valence-corrected chi connectivity index (χ4v) is 3.27. The minimum absolute atomic E-state index is 0.00467. The lowest BCUT2D eigenvalue weighted by Gasteiger charge is -2.25. The van der Waals surface area contributed by atoms with Crippen molar-refractivity contribution in [3.05, 3.63) is 62.7 Å². The normalized spacial score (nSPS) is 14.3. The molecule has 0 aliphatic carbocycles. The number of benzene rings is 2. The number of nitrogens with zero attached hydrogens (tertiary/aromatic N) is 3. The Labute approximate surface area is 189 Å². The van der Waals surface area contributed by atoms with Crippen LogP contribution < -0.4 is 14.9 Å². The van der Waals surface area contributed by atoms with Crippen LogP contribution in [-0.2, 0) is 16.1 Å². The van der Waals surface area contributed by atoms with E-state index in [-0.39, 0.29) is 24.7 Å². The van der Waals surface area contributed by atoms with Crippen LogP contribution in [0.2, 0.25) is 5.02 Å². The van der Waals surface area contributed by atoms with E-state index in [4.69, 9.17) is 25.8 Å². The third-order valence-electron chi connectivity index (χ3n) is 4.66. The lowest BCUT2D eigenvalue weighted by Crippen LogP contribution is -2.42. The average Bonchev–Trinajstić information content (AvgIpc) is 2.79. The lowest BCUT2D eigenvalue weighted by molar-refractivity contribution is -0.384. The van der Waals surface area contributed by atoms with Crippen LogP contribution >= 0.6 is 11.6 Å². The van der Waals surface area contributed by atoms with Gasteiger partial charge in [0, 0.05) is 25.2 Å². The molecule has 1 aliphatic rings. The van der Waals surface area contributed by atoms with E-state index in [2.05, 4.69) is 10.5 Å². The number of nitrogens with one attached hydrogen (secondary N) is 1. The van der Waals surface area contributed by atoms with Crippen LogP contribution in [0.5, 0.6) is 11.5 Å². The molecule has 0 radical (unpaired) electrons. The predicted octanol–water partition coefficient (Wildman–Crippen LogP) is 2.62. The van der Waals surface area contributed by atoms with Gasteiger partial charge in [0.15, 0.2) is 11.5 Å². The number of hydrogen-bond donors (Lipinski definition) is 1. The monoisotopic (exact) mass is 462 g/mol. The number of non-ortho nitro benzene ring substituents is 1. The first-order valence-electron chi connectivity index (χ1n) is 9.82. The zero-order valence-corrected chi connectivity index (χ0v) is 18.2. The van der Waals surface area contributed by atoms with Crippen molar-refractivity contribution < 1.29 is 23.9 Å². The maximum atomic E-state index is 12.0. The first-order valence-corrected chi connectivity index (χ1v) is 10.2. The number of carbonyl (C=O) groups is 1. The third-order valence-corrected chi connectivity index (χ3v) is 4.94. The highest BCUT2D eigenvalue weighted by molar-refractivity contribution is 6.32. The largest absolute Gasteiger partial charge is 0.493 e. The van der Waals surface area contributed by atoms with Crippen molar-refractivity contribution in [2.75, 3.05) is 40.0 Å². The number of hydrogen-bond acceptors (Lipinski definition) is 8. The van der Waals surface area contributed by atoms with Gasteiger partial charge in [-0.1, -0.05) is 11.6 Å². The topological polar surface area (TPSA) is 116 Å². The lowest BCUT2D eigenvalue weighted by atomic mass is 10.2. The number of carbonyl (C=O) groups excluding carboxylic acids is 1. The SMILES string of the molecule is COc1cc(C=NNC(=O)CN2CCOCC2)cc(Cl)c1OCc1ccc([N+](=O)[O-])cc1. The van der Waals surface area contributed by atoms with Crippen molar-refractivity contribution in [3.8, 4) is 11.5 Å². The standard InChI is InChI=1S/C21H23ClN4O6/c1-30-19-11-16(12-23-24-20(27)13-25-6-8-31-9-7-25)10-18(22)21(19)32-14-15-2-4-17(5-3-15)26(28)29/h2-5,10-12H,6-9,13-14H2,1H3,(H,24,27). The van der Waals surface area contributed by atoms with E-state index in [1.54, 1.807) is 24.3 Å². The molecule has 1 aliphatic heterocycles. The van der Waals surface area contributed by atoms with Gasteiger partial charge in [0.05, 0.1) is 43.0 Å². The van der Waals surface area contributed by atoms with Crippen molar-refractivity contribution >= 4 is 29.4 Å². The van der Waals surface area contributed by atoms with Crippen molar-refractivity contribution in [1.29, 1.82) is 0 Å². The number of methoxy groups -OCH3 is 1. The Kier molecular flexibility index (Phi) is 8.37. The highest BCUT2D eigenvalue weighted by Gasteiger charge is 2.14. The Morgan fingerprint density at radius 1 is 1.31 bits per heavy atom. The van der Waals surface area contributed by atoms with Gasteiger partial charge < -0.3 is 14.2 Å². The highest BCUT2D eigenvalue weighted by atomic mass is 35.5. The first-order chi connectivity index (χ1) is 15.5. The van der Waals surface area contributed by atoms with Gasteiger partial charge in [0.25, 0.3) is 11.6 Å². The smallest absolute Gasteiger partial charge is 0.269 e. The van der Waals surface area contributed by atoms with Gasteiger partial charge >= 0.3 is 0 Å². The molecule has 0 spiro atoms. The van der Waals surface area contributed by atoms with Crippen LogP contribution in [0, 0.1) is 10.1 Å². The fourth-order valence-electron chi connectivity index (χ4n) is 3.00. The summed E-state index contributed by atoms with van der Waals surface area (Å²) < 4.78 is 16.4. The molecule has 0 saturated carbocycles. The number of nitro benzene ring substituents is 1. The van der Waals surface area contributed by atoms with Crippen LogP contribution in [0.1, 0.15) is 11.1 Å². The number of halogens is 1. The van der Waals surface area contributed by atoms with E-state index >= 15 is 0 Å². The Morgan fingerprint density at radius 2 is 2.03 bits per heavy atom. The number of hydrazone groups is 1. The zero-order valence-electron chi connectivity index (χ0n) is 17.5. The van der Waals surface area contributed by atoms with Crippen LogP contribution in [0.25, 0.3) is 0 Å². The molecule has 3 rings (SSSR count). The molecular weight excluding hydrogens is 440 g/mol. The summed E-state index contributed by atoms with van der Waals surface area (Å²) in [4.78, 5) is 24.3.